The van der Waals surface area contributed by atoms with Gasteiger partial charge in [-0.3, -0.25) is 10.1 Å². The maximum Gasteiger partial charge on any atom is 0.362 e. The quantitative estimate of drug-likeness (QED) is 0.517. The van der Waals surface area contributed by atoms with Crippen LogP contribution < -0.4 is 5.63 Å². The third-order valence-corrected chi connectivity index (χ3v) is 2.85. The summed E-state index contributed by atoms with van der Waals surface area (Å²) in [5.74, 6) is -0.0106. The van der Waals surface area contributed by atoms with Crippen LogP contribution in [0.5, 0.6) is 0 Å². The fourth-order valence-electron chi connectivity index (χ4n) is 1.56. The highest BCUT2D eigenvalue weighted by Gasteiger charge is 2.18. The summed E-state index contributed by atoms with van der Waals surface area (Å²) in [5.41, 5.74) is -1.20. The second-order valence-corrected chi connectivity index (χ2v) is 5.58. The van der Waals surface area contributed by atoms with E-state index in [1.165, 1.54) is 18.2 Å². The molecule has 0 saturated carbocycles. The molecule has 1 N–H and O–H groups in total. The Balaban J connectivity index is 2.59. The summed E-state index contributed by atoms with van der Waals surface area (Å²) < 4.78 is 5.02. The maximum atomic E-state index is 11.8. The van der Waals surface area contributed by atoms with Crippen LogP contribution in [0.2, 0.25) is 0 Å². The van der Waals surface area contributed by atoms with Crippen molar-refractivity contribution in [2.75, 3.05) is 0 Å². The van der Waals surface area contributed by atoms with E-state index in [9.17, 15) is 20.0 Å². The summed E-state index contributed by atoms with van der Waals surface area (Å²) in [6.07, 6.45) is 1.24. The van der Waals surface area contributed by atoms with Crippen LogP contribution in [-0.2, 0) is 0 Å². The number of nitro benzene ring substituents is 1. The van der Waals surface area contributed by atoms with E-state index in [-0.39, 0.29) is 22.7 Å². The Bertz CT molecular complexity index is 799. The van der Waals surface area contributed by atoms with Crippen LogP contribution in [0.3, 0.4) is 0 Å². The van der Waals surface area contributed by atoms with E-state index in [2.05, 4.69) is 4.98 Å². The van der Waals surface area contributed by atoms with Crippen LogP contribution in [0.4, 0.5) is 5.69 Å². The molecule has 0 aliphatic heterocycles. The molecule has 0 spiro atoms. The Morgan fingerprint density at radius 1 is 1.43 bits per heavy atom. The number of benzene rings is 1. The minimum atomic E-state index is -0.765. The van der Waals surface area contributed by atoms with Crippen molar-refractivity contribution in [3.8, 4) is 0 Å². The van der Waals surface area contributed by atoms with Crippen molar-refractivity contribution in [1.82, 2.24) is 4.98 Å². The van der Waals surface area contributed by atoms with Crippen LogP contribution >= 0.6 is 0 Å². The molecule has 0 aliphatic carbocycles. The van der Waals surface area contributed by atoms with Crippen molar-refractivity contribution in [3.05, 3.63) is 50.2 Å². The predicted molar refractivity (Wildman–Crippen MR) is 77.0 cm³/mol. The van der Waals surface area contributed by atoms with Crippen molar-refractivity contribution in [3.63, 3.8) is 0 Å². The summed E-state index contributed by atoms with van der Waals surface area (Å²) in [6.45, 7) is 5.35. The van der Waals surface area contributed by atoms with Gasteiger partial charge in [0, 0.05) is 17.6 Å². The van der Waals surface area contributed by atoms with Crippen LogP contribution in [0.25, 0.3) is 17.2 Å². The number of non-ortho nitro benzene ring substituents is 1. The monoisotopic (exact) mass is 290 g/mol. The molecule has 21 heavy (non-hydrogen) atoms. The van der Waals surface area contributed by atoms with Gasteiger partial charge in [0.05, 0.1) is 16.7 Å². The summed E-state index contributed by atoms with van der Waals surface area (Å²) in [4.78, 5) is 26.0. The molecule has 110 valence electrons. The second-order valence-electron chi connectivity index (χ2n) is 5.58. The molecule has 0 atom stereocenters. The van der Waals surface area contributed by atoms with Crippen molar-refractivity contribution >= 4 is 22.9 Å². The first-order chi connectivity index (χ1) is 9.68. The molecule has 0 radical (unpaired) electrons. The third-order valence-electron chi connectivity index (χ3n) is 2.85. The zero-order chi connectivity index (χ0) is 15.8. The fourth-order valence-corrected chi connectivity index (χ4v) is 1.56. The minimum absolute atomic E-state index is 0.0106. The number of allylic oxidation sites excluding steroid dienone is 1. The first-order valence-corrected chi connectivity index (χ1v) is 6.19. The molecule has 0 saturated heterocycles. The molecule has 1 heterocycles. The molecule has 2 aromatic rings. The lowest BCUT2D eigenvalue weighted by Crippen LogP contribution is -2.12. The van der Waals surface area contributed by atoms with Crippen molar-refractivity contribution < 1.29 is 14.4 Å². The number of aliphatic hydroxyl groups is 1. The molecular weight excluding hydrogens is 276 g/mol. The van der Waals surface area contributed by atoms with Gasteiger partial charge in [0.2, 0.25) is 0 Å². The van der Waals surface area contributed by atoms with E-state index in [1.54, 1.807) is 20.8 Å². The van der Waals surface area contributed by atoms with Gasteiger partial charge in [-0.1, -0.05) is 20.8 Å². The highest BCUT2D eigenvalue weighted by molar-refractivity contribution is 5.75. The van der Waals surface area contributed by atoms with E-state index in [0.29, 0.717) is 5.52 Å². The summed E-state index contributed by atoms with van der Waals surface area (Å²) in [6, 6.07) is 3.80. The standard InChI is InChI=1S/C14H14N2O5/c1-14(2,3)12(17)7-10-13(18)21-11-6-8(16(19)20)4-5-9(11)15-10/h4-7,17H,1-3H3/b12-7+. The molecular formula is C14H14N2O5. The number of aromatic nitrogens is 1. The van der Waals surface area contributed by atoms with Gasteiger partial charge >= 0.3 is 5.63 Å². The highest BCUT2D eigenvalue weighted by Crippen LogP contribution is 2.24. The SMILES string of the molecule is CC(C)(C)/C(O)=C\c1nc2ccc([N+](=O)[O-])cc2oc1=O. The number of nitro groups is 1. The molecule has 1 aromatic heterocycles. The Hall–Kier alpha value is -2.70. The predicted octanol–water partition coefficient (Wildman–Crippen LogP) is 3.04. The molecule has 0 aliphatic rings. The molecule has 1 aromatic carbocycles. The van der Waals surface area contributed by atoms with Crippen LogP contribution in [0.15, 0.2) is 33.2 Å². The lowest BCUT2D eigenvalue weighted by molar-refractivity contribution is -0.384. The molecule has 0 amide bonds. The molecule has 0 unspecified atom stereocenters. The van der Waals surface area contributed by atoms with Crippen molar-refractivity contribution in [1.29, 1.82) is 0 Å². The summed E-state index contributed by atoms with van der Waals surface area (Å²) in [7, 11) is 0. The normalized spacial score (nSPS) is 12.6. The lowest BCUT2D eigenvalue weighted by atomic mass is 9.93. The zero-order valence-electron chi connectivity index (χ0n) is 11.8. The number of aliphatic hydroxyl groups excluding tert-OH is 1. The Labute approximate surface area is 119 Å². The average molecular weight is 290 g/mol. The van der Waals surface area contributed by atoms with E-state index in [4.69, 9.17) is 4.42 Å². The number of hydrogen-bond donors (Lipinski definition) is 1. The van der Waals surface area contributed by atoms with Gasteiger partial charge < -0.3 is 9.52 Å². The van der Waals surface area contributed by atoms with Gasteiger partial charge in [0.15, 0.2) is 11.3 Å². The van der Waals surface area contributed by atoms with E-state index >= 15 is 0 Å². The van der Waals surface area contributed by atoms with Gasteiger partial charge in [-0.05, 0) is 6.07 Å². The average Bonchev–Trinajstić information content (AvgIpc) is 2.37. The maximum absolute atomic E-state index is 11.8. The molecule has 7 nitrogen and oxygen atoms in total. The largest absolute Gasteiger partial charge is 0.512 e. The van der Waals surface area contributed by atoms with E-state index in [1.807, 2.05) is 0 Å². The lowest BCUT2D eigenvalue weighted by Gasteiger charge is -2.16. The Morgan fingerprint density at radius 3 is 2.67 bits per heavy atom. The first kappa shape index (κ1) is 14.7. The van der Waals surface area contributed by atoms with Gasteiger partial charge in [0.1, 0.15) is 5.52 Å². The van der Waals surface area contributed by atoms with Gasteiger partial charge in [-0.15, -0.1) is 0 Å². The van der Waals surface area contributed by atoms with Crippen molar-refractivity contribution in [2.45, 2.75) is 20.8 Å². The number of nitrogens with zero attached hydrogens (tertiary/aromatic N) is 2. The van der Waals surface area contributed by atoms with Gasteiger partial charge in [-0.25, -0.2) is 9.78 Å². The molecule has 0 fully saturated rings. The molecule has 0 bridgehead atoms. The molecule has 2 rings (SSSR count). The molecule has 7 heteroatoms. The minimum Gasteiger partial charge on any atom is -0.512 e. The number of rotatable bonds is 2. The third kappa shape index (κ3) is 3.07. The van der Waals surface area contributed by atoms with E-state index < -0.39 is 16.0 Å². The summed E-state index contributed by atoms with van der Waals surface area (Å²) in [5, 5.41) is 20.6. The second kappa shape index (κ2) is 5.01. The fraction of sp³-hybridized carbons (Fsp3) is 0.286. The highest BCUT2D eigenvalue weighted by atomic mass is 16.6. The Morgan fingerprint density at radius 2 is 2.10 bits per heavy atom. The van der Waals surface area contributed by atoms with Crippen LogP contribution in [0, 0.1) is 15.5 Å². The smallest absolute Gasteiger partial charge is 0.362 e. The Kier molecular flexibility index (Phi) is 3.51. The number of hydrogen-bond acceptors (Lipinski definition) is 6. The topological polar surface area (TPSA) is 106 Å². The van der Waals surface area contributed by atoms with E-state index in [0.717, 1.165) is 6.07 Å². The van der Waals surface area contributed by atoms with Crippen molar-refractivity contribution in [2.24, 2.45) is 5.41 Å². The van der Waals surface area contributed by atoms with Crippen LogP contribution in [-0.4, -0.2) is 15.0 Å². The van der Waals surface area contributed by atoms with Crippen LogP contribution in [0.1, 0.15) is 26.5 Å². The number of fused-ring (bicyclic) bond motifs is 1. The first-order valence-electron chi connectivity index (χ1n) is 6.19. The van der Waals surface area contributed by atoms with Gasteiger partial charge in [-0.2, -0.15) is 0 Å². The van der Waals surface area contributed by atoms with Gasteiger partial charge in [0.25, 0.3) is 5.69 Å². The summed E-state index contributed by atoms with van der Waals surface area (Å²) >= 11 is 0. The zero-order valence-corrected chi connectivity index (χ0v) is 11.8.